The molecule has 0 saturated heterocycles. The summed E-state index contributed by atoms with van der Waals surface area (Å²) in [5, 5.41) is 9.27. The van der Waals surface area contributed by atoms with Crippen molar-refractivity contribution >= 4 is 87.9 Å². The Bertz CT molecular complexity index is 3550. The van der Waals surface area contributed by atoms with Crippen molar-refractivity contribution in [1.29, 1.82) is 0 Å². The molecule has 368 valence electrons. The van der Waals surface area contributed by atoms with Crippen LogP contribution >= 0.6 is 0 Å². The summed E-state index contributed by atoms with van der Waals surface area (Å²) in [6.45, 7) is 11.3. The molecule has 10 aromatic rings. The van der Waals surface area contributed by atoms with Gasteiger partial charge in [-0.1, -0.05) is 135 Å². The Morgan fingerprint density at radius 3 is 1.41 bits per heavy atom. The van der Waals surface area contributed by atoms with Gasteiger partial charge in [0.05, 0.1) is 48.5 Å². The zero-order valence-corrected chi connectivity index (χ0v) is 42.4. The topological polar surface area (TPSA) is 106 Å². The Hall–Kier alpha value is -6.68. The smallest absolute Gasteiger partial charge is 0.264 e. The number of aromatic nitrogens is 4. The first-order chi connectivity index (χ1) is 34.9. The van der Waals surface area contributed by atoms with E-state index < -0.39 is 0 Å². The number of hydrogen-bond donors (Lipinski definition) is 0. The van der Waals surface area contributed by atoms with Crippen LogP contribution in [-0.4, -0.2) is 51.6 Å². The molecule has 10 heteroatoms. The second-order valence-electron chi connectivity index (χ2n) is 19.6. The molecule has 0 radical (unpaired) electrons. The number of ether oxygens (including phenoxy) is 4. The highest BCUT2D eigenvalue weighted by Crippen LogP contribution is 2.47. The molecule has 0 atom stereocenters. The highest BCUT2D eigenvalue weighted by molar-refractivity contribution is 6.39. The van der Waals surface area contributed by atoms with Gasteiger partial charge in [0.15, 0.2) is 29.3 Å². The summed E-state index contributed by atoms with van der Waals surface area (Å²) in [5.74, 6) is 3.50. The molecule has 0 amide bonds. The van der Waals surface area contributed by atoms with Crippen LogP contribution in [0.3, 0.4) is 0 Å². The number of unbranched alkanes of at least 4 members (excludes halogenated alkanes) is 12. The van der Waals surface area contributed by atoms with Crippen molar-refractivity contribution in [3.63, 3.8) is 0 Å². The zero-order valence-electron chi connectivity index (χ0n) is 42.4. The predicted molar refractivity (Wildman–Crippen MR) is 293 cm³/mol. The monoisotopic (exact) mass is 953 g/mol. The Labute approximate surface area is 415 Å². The lowest BCUT2D eigenvalue weighted by Crippen LogP contribution is -2.13. The van der Waals surface area contributed by atoms with E-state index in [4.69, 9.17) is 28.9 Å². The largest absolute Gasteiger partial charge is 0.490 e. The fourth-order valence-corrected chi connectivity index (χ4v) is 10.9. The Kier molecular flexibility index (Phi) is 14.4. The molecule has 0 bridgehead atoms. The van der Waals surface area contributed by atoms with E-state index in [1.54, 1.807) is 4.40 Å². The number of hydrogen-bond acceptors (Lipinski definition) is 8. The number of nitrogens with zero attached hydrogens (tertiary/aromatic N) is 4. The van der Waals surface area contributed by atoms with E-state index in [1.807, 2.05) is 37.4 Å². The van der Waals surface area contributed by atoms with Gasteiger partial charge < -0.3 is 23.5 Å². The molecule has 0 aliphatic carbocycles. The molecule has 7 aromatic carbocycles. The van der Waals surface area contributed by atoms with Crippen molar-refractivity contribution in [2.24, 2.45) is 7.05 Å². The van der Waals surface area contributed by atoms with E-state index >= 15 is 0 Å². The molecular weight excluding hydrogens is 885 g/mol. The maximum atomic E-state index is 14.9. The zero-order chi connectivity index (χ0) is 49.0. The molecule has 3 aromatic heterocycles. The SMILES string of the molecule is CCCCCCOc1cc2nc(-c3ccc4c5ccc6c(=O)n7c8cc(OCCCCCC)c(OCCCCCC)cc8nc7c7ccc(c8ccc(C=O)c3c48)c5c67)n(C)c2cc1OCCCCCC. The lowest BCUT2D eigenvalue weighted by atomic mass is 9.85. The van der Waals surface area contributed by atoms with Crippen molar-refractivity contribution in [1.82, 2.24) is 18.9 Å². The highest BCUT2D eigenvalue weighted by Gasteiger charge is 2.25. The Morgan fingerprint density at radius 2 is 0.887 bits per heavy atom. The Morgan fingerprint density at radius 1 is 0.465 bits per heavy atom. The number of aldehydes is 1. The standard InChI is InChI=1S/C61H68N4O6/c1-6-10-14-18-30-68-51-34-47-49(36-53(51)70-32-20-16-12-8-3)64(5)59(62-47)44-27-24-41-43-26-29-46-58-45(28-25-42(57(43)58)40-23-22-39(38-66)55(44)56(40)41)60-63-48-35-52(69-31-19-15-11-7-2)54(71-33-21-17-13-9-4)37-50(48)65(60)61(46)67/h22-29,34-38H,6-21,30-33H2,1-5H3. The lowest BCUT2D eigenvalue weighted by molar-refractivity contribution is 0.112. The normalized spacial score (nSPS) is 12.1. The van der Waals surface area contributed by atoms with Crippen LogP contribution in [0, 0.1) is 0 Å². The number of rotatable bonds is 26. The lowest BCUT2D eigenvalue weighted by Gasteiger charge is -2.19. The van der Waals surface area contributed by atoms with Gasteiger partial charge in [-0.05, 0) is 76.2 Å². The van der Waals surface area contributed by atoms with E-state index in [1.165, 1.54) is 38.5 Å². The van der Waals surface area contributed by atoms with E-state index in [2.05, 4.69) is 74.7 Å². The number of carbonyl (C=O) groups excluding carboxylic acids is 1. The molecule has 0 N–H and O–H groups in total. The summed E-state index contributed by atoms with van der Waals surface area (Å²) in [7, 11) is 2.03. The number of pyridine rings is 1. The van der Waals surface area contributed by atoms with Crippen molar-refractivity contribution < 1.29 is 23.7 Å². The number of carbonyl (C=O) groups is 1. The number of benzene rings is 7. The summed E-state index contributed by atoms with van der Waals surface area (Å²) in [4.78, 5) is 38.5. The molecule has 0 spiro atoms. The highest BCUT2D eigenvalue weighted by atomic mass is 16.5. The number of aryl methyl sites for hydroxylation is 1. The number of fused-ring (bicyclic) bond motifs is 7. The van der Waals surface area contributed by atoms with Gasteiger partial charge in [0.25, 0.3) is 5.56 Å². The second-order valence-corrected chi connectivity index (χ2v) is 19.6. The van der Waals surface area contributed by atoms with Gasteiger partial charge in [-0.15, -0.1) is 0 Å². The van der Waals surface area contributed by atoms with Crippen LogP contribution in [0.2, 0.25) is 0 Å². The minimum Gasteiger partial charge on any atom is -0.490 e. The van der Waals surface area contributed by atoms with Crippen molar-refractivity contribution in [2.75, 3.05) is 26.4 Å². The quantitative estimate of drug-likeness (QED) is 0.0229. The van der Waals surface area contributed by atoms with Crippen LogP contribution in [0.25, 0.3) is 93.0 Å². The average molecular weight is 953 g/mol. The Balaban J connectivity index is 1.10. The van der Waals surface area contributed by atoms with E-state index in [0.29, 0.717) is 71.3 Å². The average Bonchev–Trinajstić information content (AvgIpc) is 3.92. The molecule has 3 heterocycles. The molecular formula is C61H68N4O6. The molecule has 0 aliphatic heterocycles. The van der Waals surface area contributed by atoms with E-state index in [-0.39, 0.29) is 5.56 Å². The summed E-state index contributed by atoms with van der Waals surface area (Å²) < 4.78 is 29.5. The maximum absolute atomic E-state index is 14.9. The fraction of sp³-hybridized carbons (Fsp3) is 0.410. The van der Waals surface area contributed by atoms with Crippen molar-refractivity contribution in [2.45, 2.75) is 130 Å². The fourth-order valence-electron chi connectivity index (χ4n) is 10.9. The summed E-state index contributed by atoms with van der Waals surface area (Å²) in [6.07, 6.45) is 18.6. The van der Waals surface area contributed by atoms with Crippen LogP contribution in [0.4, 0.5) is 0 Å². The van der Waals surface area contributed by atoms with Gasteiger partial charge in [0, 0.05) is 64.0 Å². The van der Waals surface area contributed by atoms with Crippen LogP contribution in [-0.2, 0) is 7.05 Å². The maximum Gasteiger partial charge on any atom is 0.264 e. The van der Waals surface area contributed by atoms with E-state index in [9.17, 15) is 9.59 Å². The minimum absolute atomic E-state index is 0.125. The van der Waals surface area contributed by atoms with E-state index in [0.717, 1.165) is 147 Å². The molecule has 0 fully saturated rings. The second kappa shape index (κ2) is 21.4. The van der Waals surface area contributed by atoms with Crippen molar-refractivity contribution in [3.05, 3.63) is 88.7 Å². The van der Waals surface area contributed by atoms with Gasteiger partial charge in [-0.2, -0.15) is 0 Å². The van der Waals surface area contributed by atoms with Crippen LogP contribution in [0.15, 0.2) is 77.6 Å². The van der Waals surface area contributed by atoms with Gasteiger partial charge >= 0.3 is 0 Å². The summed E-state index contributed by atoms with van der Waals surface area (Å²) in [5.41, 5.74) is 5.05. The molecule has 0 aliphatic rings. The third kappa shape index (κ3) is 8.93. The molecule has 71 heavy (non-hydrogen) atoms. The molecule has 10 rings (SSSR count). The third-order valence-corrected chi connectivity index (χ3v) is 14.7. The van der Waals surface area contributed by atoms with Gasteiger partial charge in [0.2, 0.25) is 0 Å². The first-order valence-corrected chi connectivity index (χ1v) is 26.7. The minimum atomic E-state index is -0.125. The summed E-state index contributed by atoms with van der Waals surface area (Å²) in [6, 6.07) is 24.5. The molecule has 0 unspecified atom stereocenters. The van der Waals surface area contributed by atoms with Crippen molar-refractivity contribution in [3.8, 4) is 34.4 Å². The van der Waals surface area contributed by atoms with Gasteiger partial charge in [-0.25, -0.2) is 9.97 Å². The van der Waals surface area contributed by atoms with Crippen LogP contribution < -0.4 is 24.5 Å². The third-order valence-electron chi connectivity index (χ3n) is 14.7. The molecule has 10 nitrogen and oxygen atoms in total. The summed E-state index contributed by atoms with van der Waals surface area (Å²) >= 11 is 0. The van der Waals surface area contributed by atoms with Gasteiger partial charge in [-0.3, -0.25) is 14.0 Å². The molecule has 0 saturated carbocycles. The number of imidazole rings is 2. The van der Waals surface area contributed by atoms with Gasteiger partial charge in [0.1, 0.15) is 11.5 Å². The van der Waals surface area contributed by atoms with Crippen LogP contribution in [0.1, 0.15) is 141 Å². The first kappa shape index (κ1) is 48.0. The predicted octanol–water partition coefficient (Wildman–Crippen LogP) is 15.7. The van der Waals surface area contributed by atoms with Crippen LogP contribution in [0.5, 0.6) is 23.0 Å². The first-order valence-electron chi connectivity index (χ1n) is 26.7.